The van der Waals surface area contributed by atoms with Gasteiger partial charge in [-0.25, -0.2) is 14.8 Å². The molecule has 0 unspecified atom stereocenters. The highest BCUT2D eigenvalue weighted by atomic mass is 16.9. The number of rotatable bonds is 7. The molecule has 5 atom stereocenters. The number of carbonyl (C=O) groups is 1. The quantitative estimate of drug-likeness (QED) is 0.150. The summed E-state index contributed by atoms with van der Waals surface area (Å²) < 4.78 is 37.0. The number of benzene rings is 4. The van der Waals surface area contributed by atoms with Crippen molar-refractivity contribution in [1.29, 1.82) is 0 Å². The average Bonchev–Trinajstić information content (AvgIpc) is 4.22. The van der Waals surface area contributed by atoms with Crippen molar-refractivity contribution in [1.82, 2.24) is 19.9 Å². The third-order valence-electron chi connectivity index (χ3n) is 13.0. The zero-order valence-corrected chi connectivity index (χ0v) is 37.9. The fourth-order valence-electron chi connectivity index (χ4n) is 10.1. The van der Waals surface area contributed by atoms with Gasteiger partial charge in [-0.15, -0.1) is 0 Å². The van der Waals surface area contributed by atoms with Crippen LogP contribution >= 0.6 is 0 Å². The molecule has 3 fully saturated rings. The first-order valence-corrected chi connectivity index (χ1v) is 23.0. The Labute approximate surface area is 393 Å². The summed E-state index contributed by atoms with van der Waals surface area (Å²) in [4.78, 5) is 32.2. The Morgan fingerprint density at radius 1 is 0.485 bits per heavy atom. The van der Waals surface area contributed by atoms with E-state index >= 15 is 0 Å². The molecule has 12 rings (SSSR count). The van der Waals surface area contributed by atoms with E-state index in [4.69, 9.17) is 38.4 Å². The van der Waals surface area contributed by atoms with E-state index in [9.17, 15) is 4.79 Å². The van der Waals surface area contributed by atoms with Crippen LogP contribution in [0.2, 0.25) is 0 Å². The second kappa shape index (κ2) is 16.5. The molecule has 2 N–H and O–H groups in total. The number of hydrogen-bond donors (Lipinski definition) is 2. The van der Waals surface area contributed by atoms with Gasteiger partial charge in [0, 0.05) is 44.3 Å². The van der Waals surface area contributed by atoms with Gasteiger partial charge in [-0.05, 0) is 111 Å². The minimum Gasteiger partial charge on any atom is -0.459 e. The normalized spacial score (nSPS) is 21.9. The third-order valence-corrected chi connectivity index (χ3v) is 13.0. The van der Waals surface area contributed by atoms with Crippen LogP contribution in [0.1, 0.15) is 60.8 Å². The van der Waals surface area contributed by atoms with Crippen molar-refractivity contribution in [2.24, 2.45) is 0 Å². The Bertz CT molecular complexity index is 3280. The van der Waals surface area contributed by atoms with Crippen LogP contribution in [-0.4, -0.2) is 74.8 Å². The summed E-state index contributed by atoms with van der Waals surface area (Å²) in [7, 11) is 0. The van der Waals surface area contributed by atoms with Crippen molar-refractivity contribution in [3.05, 3.63) is 168 Å². The van der Waals surface area contributed by atoms with E-state index in [0.717, 1.165) is 89.4 Å². The molecule has 8 heterocycles. The molecule has 3 saturated heterocycles. The molecule has 4 aromatic carbocycles. The number of esters is 1. The molecule has 0 radical (unpaired) electrons. The molecule has 5 aliphatic heterocycles. The molecule has 11 nitrogen and oxygen atoms in total. The van der Waals surface area contributed by atoms with Gasteiger partial charge in [0.1, 0.15) is 31.0 Å². The van der Waals surface area contributed by atoms with E-state index in [2.05, 4.69) is 107 Å². The largest absolute Gasteiger partial charge is 0.459 e. The molecule has 0 amide bonds. The first-order valence-electron chi connectivity index (χ1n) is 23.0. The topological polar surface area (TPSA) is 130 Å². The maximum Gasteiger partial charge on any atom is 0.338 e. The highest BCUT2D eigenvalue weighted by molar-refractivity contribution is 6.00. The molecule has 68 heavy (non-hydrogen) atoms. The summed E-state index contributed by atoms with van der Waals surface area (Å²) in [6.45, 7) is 7.31. The van der Waals surface area contributed by atoms with E-state index < -0.39 is 48.2 Å². The van der Waals surface area contributed by atoms with Crippen molar-refractivity contribution in [3.8, 4) is 44.5 Å². The lowest BCUT2D eigenvalue weighted by atomic mass is 9.99. The van der Waals surface area contributed by atoms with Crippen molar-refractivity contribution in [2.75, 3.05) is 6.61 Å². The fourth-order valence-corrected chi connectivity index (χ4v) is 10.1. The van der Waals surface area contributed by atoms with Crippen LogP contribution in [0.15, 0.2) is 140 Å². The Kier molecular flexibility index (Phi) is 10.2. The Hall–Kier alpha value is -7.25. The standard InChI is InChI=1S/C57H48N4O7/c1-56(2)65-51-46(64-55-53(52(51)66-56)67-57(3,4)68-55)32-63-54(62)37-22-20-36(21-23-37)50-44-30-28-42(60-44)48(34-16-10-6-11-17-34)40-26-24-38(58-40)47(33-14-8-5-9-15-33)39-25-27-41(59-39)49(35-18-12-7-13-19-35)43-29-31-45(50)61-43/h5-31,46,51-53,55,58,61H,32H2,1-4H3/t46-,51+,52+,53-,55-/m1/s1. The van der Waals surface area contributed by atoms with Crippen molar-refractivity contribution < 1.29 is 33.2 Å². The van der Waals surface area contributed by atoms with Crippen LogP contribution < -0.4 is 0 Å². The van der Waals surface area contributed by atoms with Gasteiger partial charge < -0.3 is 38.4 Å². The maximum absolute atomic E-state index is 13.8. The minimum absolute atomic E-state index is 0.0643. The highest BCUT2D eigenvalue weighted by Crippen LogP contribution is 2.45. The smallest absolute Gasteiger partial charge is 0.338 e. The van der Waals surface area contributed by atoms with Crippen LogP contribution in [0.3, 0.4) is 0 Å². The summed E-state index contributed by atoms with van der Waals surface area (Å²) in [5, 5.41) is 0. The van der Waals surface area contributed by atoms with E-state index in [1.165, 1.54) is 0 Å². The van der Waals surface area contributed by atoms with E-state index in [1.807, 2.05) is 82.3 Å². The molecule has 5 aliphatic rings. The molecule has 338 valence electrons. The number of hydrogen-bond acceptors (Lipinski definition) is 9. The first kappa shape index (κ1) is 42.1. The van der Waals surface area contributed by atoms with E-state index in [0.29, 0.717) is 5.56 Å². The van der Waals surface area contributed by atoms with Gasteiger partial charge in [0.25, 0.3) is 0 Å². The Balaban J connectivity index is 0.984. The van der Waals surface area contributed by atoms with Crippen LogP contribution in [0.5, 0.6) is 0 Å². The number of ether oxygens (including phenoxy) is 6. The van der Waals surface area contributed by atoms with Gasteiger partial charge in [-0.1, -0.05) is 103 Å². The van der Waals surface area contributed by atoms with Gasteiger partial charge in [0.05, 0.1) is 28.3 Å². The van der Waals surface area contributed by atoms with E-state index in [1.54, 1.807) is 12.1 Å². The van der Waals surface area contributed by atoms with Crippen LogP contribution in [0.25, 0.3) is 90.9 Å². The summed E-state index contributed by atoms with van der Waals surface area (Å²) in [6, 6.07) is 46.9. The SMILES string of the molecule is CC1(C)O[C@H]2[C@@H](O1)[C@@H](COC(=O)c1ccc(-c3c4nc(c(-c5ccccc5)c5ccc([nH]5)c(-c5ccccc5)c5nc(c(-c6ccccc6)c6ccc3[nH]6)C=C5)C=C4)cc1)O[C@@H]1OC(C)(C)O[C@@H]12. The highest BCUT2D eigenvalue weighted by Gasteiger charge is 2.61. The van der Waals surface area contributed by atoms with Crippen LogP contribution in [0.4, 0.5) is 0 Å². The zero-order valence-electron chi connectivity index (χ0n) is 37.9. The fraction of sp³-hybridized carbons (Fsp3) is 0.211. The Morgan fingerprint density at radius 3 is 1.31 bits per heavy atom. The second-order valence-electron chi connectivity index (χ2n) is 18.5. The molecule has 0 saturated carbocycles. The monoisotopic (exact) mass is 900 g/mol. The van der Waals surface area contributed by atoms with Gasteiger partial charge in [0.15, 0.2) is 17.9 Å². The van der Waals surface area contributed by atoms with Gasteiger partial charge in [-0.3, -0.25) is 0 Å². The Morgan fingerprint density at radius 2 is 0.868 bits per heavy atom. The number of fused-ring (bicyclic) bond motifs is 11. The molecule has 3 aromatic heterocycles. The predicted molar refractivity (Wildman–Crippen MR) is 263 cm³/mol. The predicted octanol–water partition coefficient (Wildman–Crippen LogP) is 11.9. The molecular formula is C57H48N4O7. The zero-order chi connectivity index (χ0) is 46.1. The molecule has 7 aromatic rings. The van der Waals surface area contributed by atoms with Gasteiger partial charge in [0.2, 0.25) is 0 Å². The molecule has 11 heteroatoms. The number of nitrogens with zero attached hydrogens (tertiary/aromatic N) is 2. The van der Waals surface area contributed by atoms with E-state index in [-0.39, 0.29) is 6.61 Å². The van der Waals surface area contributed by atoms with Crippen molar-refractivity contribution in [3.63, 3.8) is 0 Å². The number of aromatic amines is 2. The van der Waals surface area contributed by atoms with Gasteiger partial charge in [-0.2, -0.15) is 0 Å². The average molecular weight is 901 g/mol. The summed E-state index contributed by atoms with van der Waals surface area (Å²) >= 11 is 0. The summed E-state index contributed by atoms with van der Waals surface area (Å²) in [5.41, 5.74) is 14.9. The van der Waals surface area contributed by atoms with Gasteiger partial charge >= 0.3 is 5.97 Å². The number of nitrogens with one attached hydrogen (secondary N) is 2. The van der Waals surface area contributed by atoms with Crippen LogP contribution in [0, 0.1) is 0 Å². The van der Waals surface area contributed by atoms with Crippen molar-refractivity contribution in [2.45, 2.75) is 70.0 Å². The lowest BCUT2D eigenvalue weighted by molar-refractivity contribution is -0.240. The van der Waals surface area contributed by atoms with Crippen molar-refractivity contribution >= 4 is 52.3 Å². The summed E-state index contributed by atoms with van der Waals surface area (Å²) in [6.07, 6.45) is 5.56. The molecule has 0 aliphatic carbocycles. The number of carbonyl (C=O) groups excluding carboxylic acids is 1. The van der Waals surface area contributed by atoms with Crippen LogP contribution in [-0.2, 0) is 28.4 Å². The maximum atomic E-state index is 13.8. The lowest BCUT2D eigenvalue weighted by Gasteiger charge is -2.36. The lowest BCUT2D eigenvalue weighted by Crippen LogP contribution is -2.56. The second-order valence-corrected chi connectivity index (χ2v) is 18.5. The molecular weight excluding hydrogens is 853 g/mol. The third kappa shape index (κ3) is 7.68. The summed E-state index contributed by atoms with van der Waals surface area (Å²) in [5.74, 6) is -2.23. The number of aromatic nitrogens is 4. The molecule has 0 spiro atoms. The molecule has 8 bridgehead atoms. The first-order chi connectivity index (χ1) is 33.0. The number of H-pyrrole nitrogens is 2. The minimum atomic E-state index is -0.871.